The first-order chi connectivity index (χ1) is 9.67. The molecule has 0 aliphatic carbocycles. The Hall–Kier alpha value is -1.31. The molecule has 1 atom stereocenters. The van der Waals surface area contributed by atoms with E-state index in [-0.39, 0.29) is 10.9 Å². The molecule has 0 amide bonds. The molecular formula is C13H18N2O4S. The van der Waals surface area contributed by atoms with Crippen molar-refractivity contribution in [2.45, 2.75) is 23.8 Å². The van der Waals surface area contributed by atoms with Crippen LogP contribution in [-0.2, 0) is 10.0 Å². The summed E-state index contributed by atoms with van der Waals surface area (Å²) in [7, 11) is -3.58. The van der Waals surface area contributed by atoms with Crippen LogP contribution in [0, 0.1) is 0 Å². The fraction of sp³-hybridized carbons (Fsp3) is 0.538. The Kier molecular flexibility index (Phi) is 3.82. The van der Waals surface area contributed by atoms with Crippen LogP contribution in [0.5, 0.6) is 11.5 Å². The van der Waals surface area contributed by atoms with Crippen LogP contribution in [0.15, 0.2) is 23.1 Å². The second kappa shape index (κ2) is 5.59. The fourth-order valence-corrected chi connectivity index (χ4v) is 3.71. The van der Waals surface area contributed by atoms with E-state index in [0.29, 0.717) is 31.3 Å². The molecule has 2 aliphatic heterocycles. The number of ether oxygens (including phenoxy) is 2. The second-order valence-corrected chi connectivity index (χ2v) is 6.66. The zero-order valence-electron chi connectivity index (χ0n) is 11.1. The summed E-state index contributed by atoms with van der Waals surface area (Å²) in [6.45, 7) is 2.15. The van der Waals surface area contributed by atoms with E-state index in [1.165, 1.54) is 6.07 Å². The minimum atomic E-state index is -3.58. The average Bonchev–Trinajstić information content (AvgIpc) is 2.98. The molecule has 1 aromatic carbocycles. The number of fused-ring (bicyclic) bond motifs is 1. The Bertz CT molecular complexity index is 582. The van der Waals surface area contributed by atoms with Gasteiger partial charge >= 0.3 is 0 Å². The smallest absolute Gasteiger partial charge is 0.244 e. The van der Waals surface area contributed by atoms with Gasteiger partial charge in [0.1, 0.15) is 18.1 Å². The topological polar surface area (TPSA) is 76.7 Å². The summed E-state index contributed by atoms with van der Waals surface area (Å²) >= 11 is 0. The summed E-state index contributed by atoms with van der Waals surface area (Å²) < 4.78 is 38.3. The lowest BCUT2D eigenvalue weighted by atomic mass is 10.2. The molecule has 2 heterocycles. The highest BCUT2D eigenvalue weighted by molar-refractivity contribution is 7.89. The molecule has 7 heteroatoms. The van der Waals surface area contributed by atoms with Gasteiger partial charge in [0.2, 0.25) is 10.0 Å². The predicted octanol–water partition coefficient (Wildman–Crippen LogP) is 0.488. The number of hydrogen-bond donors (Lipinski definition) is 2. The minimum Gasteiger partial charge on any atom is -0.486 e. The molecule has 1 unspecified atom stereocenters. The van der Waals surface area contributed by atoms with Crippen LogP contribution in [0.4, 0.5) is 0 Å². The largest absolute Gasteiger partial charge is 0.486 e. The van der Waals surface area contributed by atoms with Crippen LogP contribution in [0.3, 0.4) is 0 Å². The number of rotatable bonds is 4. The Morgan fingerprint density at radius 2 is 2.15 bits per heavy atom. The number of hydrogen-bond acceptors (Lipinski definition) is 5. The molecule has 2 aliphatic rings. The van der Waals surface area contributed by atoms with Crippen molar-refractivity contribution in [1.82, 2.24) is 10.0 Å². The van der Waals surface area contributed by atoms with Crippen LogP contribution in [0.25, 0.3) is 0 Å². The maximum absolute atomic E-state index is 12.4. The predicted molar refractivity (Wildman–Crippen MR) is 73.6 cm³/mol. The van der Waals surface area contributed by atoms with Crippen LogP contribution in [-0.4, -0.2) is 40.8 Å². The van der Waals surface area contributed by atoms with Gasteiger partial charge in [0.15, 0.2) is 11.5 Å². The van der Waals surface area contributed by atoms with Gasteiger partial charge in [0.25, 0.3) is 0 Å². The van der Waals surface area contributed by atoms with Gasteiger partial charge in [-0.3, -0.25) is 0 Å². The molecule has 6 nitrogen and oxygen atoms in total. The van der Waals surface area contributed by atoms with Gasteiger partial charge in [-0.2, -0.15) is 0 Å². The number of para-hydroxylation sites is 1. The molecule has 1 fully saturated rings. The summed E-state index contributed by atoms with van der Waals surface area (Å²) in [6.07, 6.45) is 2.08. The SMILES string of the molecule is O=S(=O)(NCC1CCCN1)c1cccc2c1OCCO2. The van der Waals surface area contributed by atoms with Crippen molar-refractivity contribution in [3.8, 4) is 11.5 Å². The van der Waals surface area contributed by atoms with Crippen molar-refractivity contribution in [1.29, 1.82) is 0 Å². The monoisotopic (exact) mass is 298 g/mol. The lowest BCUT2D eigenvalue weighted by Gasteiger charge is -2.21. The van der Waals surface area contributed by atoms with E-state index in [4.69, 9.17) is 9.47 Å². The van der Waals surface area contributed by atoms with Gasteiger partial charge in [-0.1, -0.05) is 6.07 Å². The van der Waals surface area contributed by atoms with Gasteiger partial charge in [0, 0.05) is 12.6 Å². The molecule has 1 saturated heterocycles. The molecule has 110 valence electrons. The van der Waals surface area contributed by atoms with Crippen LogP contribution >= 0.6 is 0 Å². The highest BCUT2D eigenvalue weighted by Crippen LogP contribution is 2.36. The second-order valence-electron chi connectivity index (χ2n) is 4.93. The highest BCUT2D eigenvalue weighted by atomic mass is 32.2. The van der Waals surface area contributed by atoms with Gasteiger partial charge in [-0.05, 0) is 31.5 Å². The van der Waals surface area contributed by atoms with E-state index in [1.807, 2.05) is 0 Å². The Balaban J connectivity index is 1.80. The highest BCUT2D eigenvalue weighted by Gasteiger charge is 2.26. The Morgan fingerprint density at radius 1 is 1.30 bits per heavy atom. The third-order valence-corrected chi connectivity index (χ3v) is 4.95. The number of benzene rings is 1. The van der Waals surface area contributed by atoms with Crippen molar-refractivity contribution < 1.29 is 17.9 Å². The lowest BCUT2D eigenvalue weighted by Crippen LogP contribution is -2.37. The molecule has 0 spiro atoms. The van der Waals surface area contributed by atoms with Crippen molar-refractivity contribution in [3.63, 3.8) is 0 Å². The van der Waals surface area contributed by atoms with Crippen LogP contribution < -0.4 is 19.5 Å². The number of nitrogens with one attached hydrogen (secondary N) is 2. The first kappa shape index (κ1) is 13.7. The molecule has 0 radical (unpaired) electrons. The summed E-state index contributed by atoms with van der Waals surface area (Å²) in [5.74, 6) is 0.795. The van der Waals surface area contributed by atoms with E-state index in [2.05, 4.69) is 10.0 Å². The summed E-state index contributed by atoms with van der Waals surface area (Å²) in [5.41, 5.74) is 0. The van der Waals surface area contributed by atoms with E-state index in [9.17, 15) is 8.42 Å². The van der Waals surface area contributed by atoms with E-state index < -0.39 is 10.0 Å². The Labute approximate surface area is 118 Å². The van der Waals surface area contributed by atoms with Crippen LogP contribution in [0.1, 0.15) is 12.8 Å². The molecule has 0 saturated carbocycles. The maximum Gasteiger partial charge on any atom is 0.244 e. The van der Waals surface area contributed by atoms with E-state index in [1.54, 1.807) is 12.1 Å². The van der Waals surface area contributed by atoms with Crippen molar-refractivity contribution in [3.05, 3.63) is 18.2 Å². The summed E-state index contributed by atoms with van der Waals surface area (Å²) in [4.78, 5) is 0.146. The van der Waals surface area contributed by atoms with Gasteiger partial charge < -0.3 is 14.8 Å². The number of sulfonamides is 1. The maximum atomic E-state index is 12.4. The quantitative estimate of drug-likeness (QED) is 0.846. The van der Waals surface area contributed by atoms with Gasteiger partial charge in [-0.15, -0.1) is 0 Å². The first-order valence-electron chi connectivity index (χ1n) is 6.78. The van der Waals surface area contributed by atoms with Crippen molar-refractivity contribution >= 4 is 10.0 Å². The normalized spacial score (nSPS) is 21.9. The zero-order valence-corrected chi connectivity index (χ0v) is 11.9. The van der Waals surface area contributed by atoms with Crippen molar-refractivity contribution in [2.75, 3.05) is 26.3 Å². The molecule has 2 N–H and O–H groups in total. The molecule has 1 aromatic rings. The van der Waals surface area contributed by atoms with E-state index >= 15 is 0 Å². The standard InChI is InChI=1S/C13H18N2O4S/c16-20(17,15-9-10-3-2-6-14-10)12-5-1-4-11-13(12)19-8-7-18-11/h1,4-5,10,14-15H,2-3,6-9H2. The average molecular weight is 298 g/mol. The van der Waals surface area contributed by atoms with Gasteiger partial charge in [0.05, 0.1) is 0 Å². The minimum absolute atomic E-state index is 0.146. The molecule has 20 heavy (non-hydrogen) atoms. The Morgan fingerprint density at radius 3 is 2.95 bits per heavy atom. The van der Waals surface area contributed by atoms with Gasteiger partial charge in [-0.25, -0.2) is 13.1 Å². The molecule has 3 rings (SSSR count). The third kappa shape index (κ3) is 2.74. The molecule has 0 bridgehead atoms. The van der Waals surface area contributed by atoms with E-state index in [0.717, 1.165) is 19.4 Å². The lowest BCUT2D eigenvalue weighted by molar-refractivity contribution is 0.167. The molecular weight excluding hydrogens is 280 g/mol. The fourth-order valence-electron chi connectivity index (χ4n) is 2.48. The van der Waals surface area contributed by atoms with Crippen molar-refractivity contribution in [2.24, 2.45) is 0 Å². The third-order valence-electron chi connectivity index (χ3n) is 3.50. The summed E-state index contributed by atoms with van der Waals surface area (Å²) in [5, 5.41) is 3.26. The first-order valence-corrected chi connectivity index (χ1v) is 8.27. The summed E-state index contributed by atoms with van der Waals surface area (Å²) in [6, 6.07) is 5.13. The molecule has 0 aromatic heterocycles. The zero-order chi connectivity index (χ0) is 14.0. The van der Waals surface area contributed by atoms with Crippen LogP contribution in [0.2, 0.25) is 0 Å².